The maximum absolute atomic E-state index is 2.62. The van der Waals surface area contributed by atoms with Crippen LogP contribution >= 0.6 is 0 Å². The number of fused-ring (bicyclic) bond motifs is 1. The molecule has 0 spiro atoms. The maximum atomic E-state index is 2.62. The molecule has 3 aliphatic rings. The summed E-state index contributed by atoms with van der Waals surface area (Å²) in [6.07, 6.45) is 13.8. The van der Waals surface area contributed by atoms with Crippen molar-refractivity contribution in [1.82, 2.24) is 0 Å². The van der Waals surface area contributed by atoms with Gasteiger partial charge in [-0.25, -0.2) is 0 Å². The minimum absolute atomic E-state index is 1.01. The van der Waals surface area contributed by atoms with Gasteiger partial charge in [-0.05, 0) is 60.7 Å². The molecule has 0 aliphatic heterocycles. The van der Waals surface area contributed by atoms with Crippen molar-refractivity contribution in [3.63, 3.8) is 0 Å². The first-order chi connectivity index (χ1) is 9.16. The van der Waals surface area contributed by atoms with Crippen molar-refractivity contribution in [2.45, 2.75) is 78.6 Å². The van der Waals surface area contributed by atoms with Crippen molar-refractivity contribution in [3.8, 4) is 0 Å². The molecular formula is C19H34. The third-order valence-corrected chi connectivity index (χ3v) is 7.21. The van der Waals surface area contributed by atoms with Gasteiger partial charge in [-0.15, -0.1) is 0 Å². The Labute approximate surface area is 120 Å². The molecule has 0 aromatic heterocycles. The van der Waals surface area contributed by atoms with E-state index in [0.717, 1.165) is 41.4 Å². The molecule has 3 aliphatic carbocycles. The van der Waals surface area contributed by atoms with Crippen LogP contribution in [-0.4, -0.2) is 0 Å². The normalized spacial score (nSPS) is 45.9. The van der Waals surface area contributed by atoms with Crippen LogP contribution in [-0.2, 0) is 0 Å². The van der Waals surface area contributed by atoms with Gasteiger partial charge in [-0.1, -0.05) is 59.3 Å². The van der Waals surface area contributed by atoms with Crippen LogP contribution in [0.2, 0.25) is 0 Å². The van der Waals surface area contributed by atoms with Gasteiger partial charge in [0, 0.05) is 0 Å². The summed E-state index contributed by atoms with van der Waals surface area (Å²) in [4.78, 5) is 0. The highest BCUT2D eigenvalue weighted by Gasteiger charge is 2.46. The molecule has 0 amide bonds. The highest BCUT2D eigenvalue weighted by atomic mass is 14.5. The third kappa shape index (κ3) is 2.74. The summed E-state index contributed by atoms with van der Waals surface area (Å²) in [6.45, 7) is 7.68. The van der Waals surface area contributed by atoms with Gasteiger partial charge < -0.3 is 0 Å². The van der Waals surface area contributed by atoms with E-state index >= 15 is 0 Å². The molecule has 0 N–H and O–H groups in total. The van der Waals surface area contributed by atoms with Gasteiger partial charge in [0.25, 0.3) is 0 Å². The first kappa shape index (κ1) is 14.0. The second-order valence-electron chi connectivity index (χ2n) is 8.38. The predicted octanol–water partition coefficient (Wildman–Crippen LogP) is 5.91. The highest BCUT2D eigenvalue weighted by Crippen LogP contribution is 2.54. The Morgan fingerprint density at radius 2 is 1.53 bits per heavy atom. The monoisotopic (exact) mass is 262 g/mol. The average Bonchev–Trinajstić information content (AvgIpc) is 2.75. The van der Waals surface area contributed by atoms with Crippen LogP contribution in [0, 0.1) is 41.4 Å². The van der Waals surface area contributed by atoms with Gasteiger partial charge in [-0.2, -0.15) is 0 Å². The van der Waals surface area contributed by atoms with Crippen molar-refractivity contribution >= 4 is 0 Å². The highest BCUT2D eigenvalue weighted by molar-refractivity contribution is 4.95. The summed E-state index contributed by atoms with van der Waals surface area (Å²) in [7, 11) is 0. The minimum Gasteiger partial charge on any atom is -0.0625 e. The van der Waals surface area contributed by atoms with Crippen molar-refractivity contribution in [2.24, 2.45) is 41.4 Å². The van der Waals surface area contributed by atoms with Crippen LogP contribution in [0.4, 0.5) is 0 Å². The van der Waals surface area contributed by atoms with Gasteiger partial charge in [0.2, 0.25) is 0 Å². The third-order valence-electron chi connectivity index (χ3n) is 7.21. The smallest absolute Gasteiger partial charge is 0.0350 e. The summed E-state index contributed by atoms with van der Waals surface area (Å²) < 4.78 is 0. The second kappa shape index (κ2) is 5.78. The Morgan fingerprint density at radius 1 is 0.789 bits per heavy atom. The topological polar surface area (TPSA) is 0 Å². The lowest BCUT2D eigenvalue weighted by Gasteiger charge is -2.39. The lowest BCUT2D eigenvalue weighted by molar-refractivity contribution is 0.106. The van der Waals surface area contributed by atoms with Crippen LogP contribution in [0.15, 0.2) is 0 Å². The molecule has 3 rings (SSSR count). The standard InChI is InChI=1S/C19H34/c1-13-9-10-17-14(2)12-18(19(17)11-13)15(3)16-7-5-4-6-8-16/h13-19H,4-12H2,1-3H3. The fraction of sp³-hybridized carbons (Fsp3) is 1.00. The van der Waals surface area contributed by atoms with Gasteiger partial charge in [-0.3, -0.25) is 0 Å². The number of hydrogen-bond donors (Lipinski definition) is 0. The molecule has 110 valence electrons. The predicted molar refractivity (Wildman–Crippen MR) is 83.0 cm³/mol. The Balaban J connectivity index is 1.68. The number of rotatable bonds is 2. The maximum Gasteiger partial charge on any atom is -0.0350 e. The first-order valence-electron chi connectivity index (χ1n) is 9.16. The summed E-state index contributed by atoms with van der Waals surface area (Å²) in [6, 6.07) is 0. The largest absolute Gasteiger partial charge is 0.0625 e. The van der Waals surface area contributed by atoms with Crippen LogP contribution in [0.25, 0.3) is 0 Å². The average molecular weight is 262 g/mol. The quantitative estimate of drug-likeness (QED) is 0.580. The SMILES string of the molecule is CC1CCC2C(C)CC(C(C)C3CCCCC3)C2C1. The van der Waals surface area contributed by atoms with E-state index in [1.54, 1.807) is 32.1 Å². The molecule has 0 heterocycles. The van der Waals surface area contributed by atoms with E-state index in [-0.39, 0.29) is 0 Å². The molecule has 0 saturated heterocycles. The van der Waals surface area contributed by atoms with Crippen LogP contribution in [0.5, 0.6) is 0 Å². The molecule has 0 aromatic carbocycles. The summed E-state index contributed by atoms with van der Waals surface area (Å²) in [5, 5.41) is 0. The van der Waals surface area contributed by atoms with Crippen molar-refractivity contribution < 1.29 is 0 Å². The van der Waals surface area contributed by atoms with Crippen molar-refractivity contribution in [1.29, 1.82) is 0 Å². The van der Waals surface area contributed by atoms with Gasteiger partial charge in [0.05, 0.1) is 0 Å². The first-order valence-corrected chi connectivity index (χ1v) is 9.16. The Morgan fingerprint density at radius 3 is 2.26 bits per heavy atom. The molecule has 19 heavy (non-hydrogen) atoms. The Hall–Kier alpha value is 0. The molecule has 0 heteroatoms. The molecule has 6 atom stereocenters. The van der Waals surface area contributed by atoms with E-state index in [2.05, 4.69) is 20.8 Å². The summed E-state index contributed by atoms with van der Waals surface area (Å²) >= 11 is 0. The lowest BCUT2D eigenvalue weighted by atomic mass is 9.66. The molecule has 3 fully saturated rings. The van der Waals surface area contributed by atoms with Crippen molar-refractivity contribution in [3.05, 3.63) is 0 Å². The molecule has 6 unspecified atom stereocenters. The van der Waals surface area contributed by atoms with E-state index in [1.807, 2.05) is 0 Å². The summed E-state index contributed by atoms with van der Waals surface area (Å²) in [5.74, 6) is 7.37. The zero-order valence-corrected chi connectivity index (χ0v) is 13.4. The van der Waals surface area contributed by atoms with Crippen LogP contribution < -0.4 is 0 Å². The molecule has 3 saturated carbocycles. The zero-order chi connectivity index (χ0) is 13.4. The zero-order valence-electron chi connectivity index (χ0n) is 13.4. The van der Waals surface area contributed by atoms with Crippen LogP contribution in [0.1, 0.15) is 78.6 Å². The molecular weight excluding hydrogens is 228 g/mol. The van der Waals surface area contributed by atoms with E-state index in [0.29, 0.717) is 0 Å². The van der Waals surface area contributed by atoms with Gasteiger partial charge >= 0.3 is 0 Å². The lowest BCUT2D eigenvalue weighted by Crippen LogP contribution is -2.31. The number of hydrogen-bond acceptors (Lipinski definition) is 0. The van der Waals surface area contributed by atoms with E-state index in [4.69, 9.17) is 0 Å². The second-order valence-corrected chi connectivity index (χ2v) is 8.38. The Bertz CT molecular complexity index is 288. The molecule has 0 bridgehead atoms. The van der Waals surface area contributed by atoms with E-state index in [1.165, 1.54) is 25.7 Å². The minimum atomic E-state index is 1.01. The van der Waals surface area contributed by atoms with E-state index < -0.39 is 0 Å². The molecule has 0 aromatic rings. The van der Waals surface area contributed by atoms with Gasteiger partial charge in [0.1, 0.15) is 0 Å². The van der Waals surface area contributed by atoms with Crippen LogP contribution in [0.3, 0.4) is 0 Å². The fourth-order valence-corrected chi connectivity index (χ4v) is 6.04. The fourth-order valence-electron chi connectivity index (χ4n) is 6.04. The Kier molecular flexibility index (Phi) is 4.25. The van der Waals surface area contributed by atoms with E-state index in [9.17, 15) is 0 Å². The summed E-state index contributed by atoms with van der Waals surface area (Å²) in [5.41, 5.74) is 0. The van der Waals surface area contributed by atoms with Gasteiger partial charge in [0.15, 0.2) is 0 Å². The molecule has 0 radical (unpaired) electrons. The van der Waals surface area contributed by atoms with Crippen molar-refractivity contribution in [2.75, 3.05) is 0 Å². The molecule has 0 nitrogen and oxygen atoms in total.